The number of ether oxygens (including phenoxy) is 3. The van der Waals surface area contributed by atoms with Crippen molar-refractivity contribution < 1.29 is 32.5 Å². The Morgan fingerprint density at radius 1 is 1.27 bits per heavy atom. The van der Waals surface area contributed by atoms with Crippen LogP contribution in [0.25, 0.3) is 0 Å². The number of halogens is 2. The lowest BCUT2D eigenvalue weighted by atomic mass is 9.75. The molecule has 172 valence electrons. The Morgan fingerprint density at radius 3 is 2.47 bits per heavy atom. The Labute approximate surface area is 188 Å². The van der Waals surface area contributed by atoms with Crippen LogP contribution in [-0.4, -0.2) is 68.3 Å². The van der Waals surface area contributed by atoms with Crippen molar-refractivity contribution in [1.29, 1.82) is 0 Å². The van der Waals surface area contributed by atoms with Gasteiger partial charge in [-0.2, -0.15) is 0 Å². The summed E-state index contributed by atoms with van der Waals surface area (Å²) in [4.78, 5) is 11.5. The van der Waals surface area contributed by atoms with E-state index in [1.165, 1.54) is 0 Å². The normalized spacial score (nSPS) is 34.0. The fourth-order valence-corrected chi connectivity index (χ4v) is 8.89. The highest BCUT2D eigenvalue weighted by Crippen LogP contribution is 2.47. The molecule has 12 heteroatoms. The van der Waals surface area contributed by atoms with Crippen LogP contribution < -0.4 is 4.72 Å². The monoisotopic (exact) mass is 501 g/mol. The molecule has 2 fully saturated rings. The van der Waals surface area contributed by atoms with Gasteiger partial charge in [-0.05, 0) is 19.9 Å². The summed E-state index contributed by atoms with van der Waals surface area (Å²) in [5.41, 5.74) is -0.0133. The number of rotatable bonds is 6. The fourth-order valence-electron chi connectivity index (χ4n) is 4.14. The lowest BCUT2D eigenvalue weighted by molar-refractivity contribution is -0.162. The molecule has 0 amide bonds. The van der Waals surface area contributed by atoms with Crippen molar-refractivity contribution >= 4 is 47.3 Å². The molecular formula is C18H29Cl2NO7SSi. The molecule has 8 nitrogen and oxygen atoms in total. The molecule has 0 radical (unpaired) electrons. The molecular weight excluding hydrogens is 473 g/mol. The molecule has 0 aromatic rings. The van der Waals surface area contributed by atoms with Crippen molar-refractivity contribution in [2.45, 2.75) is 80.9 Å². The minimum absolute atomic E-state index is 0.0133. The van der Waals surface area contributed by atoms with Crippen LogP contribution in [0, 0.1) is 5.92 Å². The van der Waals surface area contributed by atoms with E-state index in [-0.39, 0.29) is 23.5 Å². The Balaban J connectivity index is 1.99. The van der Waals surface area contributed by atoms with Crippen LogP contribution in [0.3, 0.4) is 0 Å². The zero-order valence-corrected chi connectivity index (χ0v) is 21.0. The minimum Gasteiger partial charge on any atom is -0.512 e. The average molecular weight is 502 g/mol. The highest BCUT2D eigenvalue weighted by molar-refractivity contribution is 7.89. The molecule has 0 bridgehead atoms. The van der Waals surface area contributed by atoms with Crippen LogP contribution in [0.5, 0.6) is 0 Å². The van der Waals surface area contributed by atoms with E-state index in [0.29, 0.717) is 6.04 Å². The largest absolute Gasteiger partial charge is 0.512 e. The van der Waals surface area contributed by atoms with Gasteiger partial charge in [0.15, 0.2) is 5.79 Å². The summed E-state index contributed by atoms with van der Waals surface area (Å²) in [6, 6.07) is -0.445. The Bertz CT molecular complexity index is 840. The quantitative estimate of drug-likeness (QED) is 0.326. The van der Waals surface area contributed by atoms with E-state index in [9.17, 15) is 18.3 Å². The SMILES string of the molecule is CC1(C)O[C@@H]2[C@@H]3C(=C(O)C[C@H]2O1)C(=O)O[C@H](C(Cl)Cl)[C@@H]3NS(=O)(=O)CC[Si](C)(C)C. The maximum atomic E-state index is 12.9. The second kappa shape index (κ2) is 8.20. The van der Waals surface area contributed by atoms with Crippen molar-refractivity contribution in [2.24, 2.45) is 5.92 Å². The van der Waals surface area contributed by atoms with Gasteiger partial charge in [-0.25, -0.2) is 17.9 Å². The summed E-state index contributed by atoms with van der Waals surface area (Å²) in [6.07, 6.45) is -2.29. The van der Waals surface area contributed by atoms with Gasteiger partial charge in [0.1, 0.15) is 16.7 Å². The first-order valence-electron chi connectivity index (χ1n) is 9.87. The van der Waals surface area contributed by atoms with Gasteiger partial charge in [-0.1, -0.05) is 19.6 Å². The second-order valence-electron chi connectivity index (χ2n) is 9.71. The molecule has 0 saturated carbocycles. The molecule has 1 aliphatic carbocycles. The fraction of sp³-hybridized carbons (Fsp3) is 0.833. The van der Waals surface area contributed by atoms with Crippen molar-refractivity contribution in [3.63, 3.8) is 0 Å². The molecule has 0 aromatic carbocycles. The van der Waals surface area contributed by atoms with Crippen LogP contribution in [-0.2, 0) is 29.0 Å². The van der Waals surface area contributed by atoms with Crippen LogP contribution in [0.4, 0.5) is 0 Å². The number of nitrogens with one attached hydrogen (secondary N) is 1. The minimum atomic E-state index is -3.75. The summed E-state index contributed by atoms with van der Waals surface area (Å²) in [5.74, 6) is -2.84. The zero-order chi connectivity index (χ0) is 22.6. The van der Waals surface area contributed by atoms with E-state index in [0.717, 1.165) is 0 Å². The van der Waals surface area contributed by atoms with E-state index in [4.69, 9.17) is 37.4 Å². The maximum absolute atomic E-state index is 12.9. The van der Waals surface area contributed by atoms with Gasteiger partial charge in [-0.3, -0.25) is 0 Å². The molecule has 2 saturated heterocycles. The first-order valence-corrected chi connectivity index (χ1v) is 16.1. The number of aliphatic hydroxyl groups is 1. The predicted molar refractivity (Wildman–Crippen MR) is 116 cm³/mol. The third-order valence-corrected chi connectivity index (χ3v) is 9.48. The first kappa shape index (κ1) is 24.3. The van der Waals surface area contributed by atoms with Crippen LogP contribution in [0.15, 0.2) is 11.3 Å². The van der Waals surface area contributed by atoms with E-state index in [1.54, 1.807) is 13.8 Å². The van der Waals surface area contributed by atoms with Gasteiger partial charge in [0, 0.05) is 20.4 Å². The van der Waals surface area contributed by atoms with Gasteiger partial charge < -0.3 is 19.3 Å². The standard InChI is InChI=1S/C18H29Cl2NO7SSi/c1-18(2)27-10-8-9(22)11-12(14(10)28-18)13(15(16(19)20)26-17(11)23)21-29(24,25)6-7-30(3,4)5/h10,12-16,21-22H,6-8H2,1-5H3/t10-,12-,13-,14+,15+/m1/s1. The number of carbonyl (C=O) groups excluding carboxylic acids is 1. The van der Waals surface area contributed by atoms with Crippen LogP contribution in [0.2, 0.25) is 25.7 Å². The highest BCUT2D eigenvalue weighted by Gasteiger charge is 2.59. The number of aliphatic hydroxyl groups excluding tert-OH is 1. The number of hydrogen-bond donors (Lipinski definition) is 2. The lowest BCUT2D eigenvalue weighted by Crippen LogP contribution is -2.62. The third kappa shape index (κ3) is 5.16. The lowest BCUT2D eigenvalue weighted by Gasteiger charge is -2.44. The summed E-state index contributed by atoms with van der Waals surface area (Å²) in [6.45, 7) is 9.69. The van der Waals surface area contributed by atoms with Crippen LogP contribution >= 0.6 is 23.2 Å². The van der Waals surface area contributed by atoms with Crippen LogP contribution in [0.1, 0.15) is 20.3 Å². The van der Waals surface area contributed by atoms with E-state index in [1.807, 2.05) is 0 Å². The molecule has 3 rings (SSSR count). The zero-order valence-electron chi connectivity index (χ0n) is 17.6. The molecule has 2 heterocycles. The number of cyclic esters (lactones) is 1. The molecule has 0 spiro atoms. The van der Waals surface area contributed by atoms with Gasteiger partial charge in [0.05, 0.1) is 29.6 Å². The summed E-state index contributed by atoms with van der Waals surface area (Å²) >= 11 is 12.1. The van der Waals surface area contributed by atoms with Crippen molar-refractivity contribution in [2.75, 3.05) is 5.75 Å². The van der Waals surface area contributed by atoms with Crippen molar-refractivity contribution in [1.82, 2.24) is 4.72 Å². The molecule has 2 aliphatic heterocycles. The van der Waals surface area contributed by atoms with E-state index in [2.05, 4.69) is 24.4 Å². The first-order chi connectivity index (χ1) is 13.6. The topological polar surface area (TPSA) is 111 Å². The Kier molecular flexibility index (Phi) is 6.64. The van der Waals surface area contributed by atoms with Crippen molar-refractivity contribution in [3.05, 3.63) is 11.3 Å². The Morgan fingerprint density at radius 2 is 1.90 bits per heavy atom. The van der Waals surface area contributed by atoms with Gasteiger partial charge in [0.2, 0.25) is 10.0 Å². The number of esters is 1. The van der Waals surface area contributed by atoms with Gasteiger partial charge >= 0.3 is 5.97 Å². The van der Waals surface area contributed by atoms with Gasteiger partial charge in [0.25, 0.3) is 0 Å². The summed E-state index contributed by atoms with van der Waals surface area (Å²) < 4.78 is 45.7. The van der Waals surface area contributed by atoms with Crippen molar-refractivity contribution in [3.8, 4) is 0 Å². The molecule has 2 N–H and O–H groups in total. The number of alkyl halides is 2. The Hall–Kier alpha value is -0.363. The van der Waals surface area contributed by atoms with Gasteiger partial charge in [-0.15, -0.1) is 23.2 Å². The highest BCUT2D eigenvalue weighted by atomic mass is 35.5. The average Bonchev–Trinajstić information content (AvgIpc) is 2.87. The van der Waals surface area contributed by atoms with E-state index >= 15 is 0 Å². The second-order valence-corrected chi connectivity index (χ2v) is 18.4. The molecule has 0 aromatic heterocycles. The number of carbonyl (C=O) groups is 1. The molecule has 0 unspecified atom stereocenters. The molecule has 3 aliphatic rings. The number of hydrogen-bond acceptors (Lipinski definition) is 7. The molecule has 30 heavy (non-hydrogen) atoms. The third-order valence-electron chi connectivity index (χ3n) is 5.50. The van der Waals surface area contributed by atoms with E-state index < -0.39 is 65.0 Å². The number of fused-ring (bicyclic) bond motifs is 3. The number of sulfonamides is 1. The molecule has 5 atom stereocenters. The predicted octanol–water partition coefficient (Wildman–Crippen LogP) is 2.69. The smallest absolute Gasteiger partial charge is 0.338 e. The summed E-state index contributed by atoms with van der Waals surface area (Å²) in [5, 5.41) is 10.5. The maximum Gasteiger partial charge on any atom is 0.338 e. The summed E-state index contributed by atoms with van der Waals surface area (Å²) in [7, 11) is -5.37.